The maximum atomic E-state index is 10.1. The van der Waals surface area contributed by atoms with Crippen LogP contribution in [-0.2, 0) is 36.2 Å². The quantitative estimate of drug-likeness (QED) is 0.532. The van der Waals surface area contributed by atoms with Crippen LogP contribution in [-0.4, -0.2) is 23.5 Å². The van der Waals surface area contributed by atoms with Gasteiger partial charge in [-0.25, -0.2) is 0 Å². The zero-order valence-electron chi connectivity index (χ0n) is 9.63. The summed E-state index contributed by atoms with van der Waals surface area (Å²) in [4.78, 5) is 39.4. The molecule has 7 heteroatoms. The van der Waals surface area contributed by atoms with E-state index >= 15 is 0 Å². The van der Waals surface area contributed by atoms with Crippen molar-refractivity contribution < 1.29 is 46.5 Å². The van der Waals surface area contributed by atoms with E-state index in [2.05, 4.69) is 0 Å². The number of carbonyl (C=O) groups is 4. The van der Waals surface area contributed by atoms with Gasteiger partial charge in [0.1, 0.15) is 11.6 Å². The summed E-state index contributed by atoms with van der Waals surface area (Å²) < 4.78 is 0. The molecule has 0 aromatic heterocycles. The molecule has 0 aromatic carbocycles. The Morgan fingerprint density at radius 1 is 0.706 bits per heavy atom. The Labute approximate surface area is 110 Å². The predicted octanol–water partition coefficient (Wildman–Crippen LogP) is -1.79. The molecule has 0 rings (SSSR count). The summed E-state index contributed by atoms with van der Waals surface area (Å²) in [6.07, 6.45) is -0.144. The van der Waals surface area contributed by atoms with Crippen molar-refractivity contribution in [1.82, 2.24) is 0 Å². The van der Waals surface area contributed by atoms with Crippen molar-refractivity contribution in [3.63, 3.8) is 0 Å². The fourth-order valence-corrected chi connectivity index (χ4v) is 0.556. The Balaban J connectivity index is -0.000000218. The van der Waals surface area contributed by atoms with Crippen LogP contribution in [0.5, 0.6) is 0 Å². The van der Waals surface area contributed by atoms with E-state index < -0.39 is 11.9 Å². The number of hydrogen-bond acceptors (Lipinski definition) is 6. The molecule has 0 aliphatic heterocycles. The Morgan fingerprint density at radius 3 is 1.00 bits per heavy atom. The smallest absolute Gasteiger partial charge is 0.550 e. The molecule has 0 N–H and O–H groups in total. The fourth-order valence-electron chi connectivity index (χ4n) is 0.556. The van der Waals surface area contributed by atoms with Gasteiger partial charge in [0.25, 0.3) is 0 Å². The standard InChI is InChI=1S/2C5H8O3.Fe/c2*1-4(6)2-3-5(7)8;/h2*2-3H2,1H3,(H,7,8);/q;;+2/p-2. The van der Waals surface area contributed by atoms with Crippen LogP contribution in [0.3, 0.4) is 0 Å². The number of Topliss-reactive ketones (excluding diaryl/α,β-unsaturated/α-hetero) is 2. The van der Waals surface area contributed by atoms with Gasteiger partial charge in [-0.15, -0.1) is 0 Å². The number of carboxylic acids is 2. The summed E-state index contributed by atoms with van der Waals surface area (Å²) in [5, 5.41) is 19.3. The molecule has 0 heterocycles. The first-order valence-electron chi connectivity index (χ1n) is 4.64. The molecule has 0 amide bonds. The third-order valence-corrected chi connectivity index (χ3v) is 1.36. The number of ketones is 2. The normalized spacial score (nSPS) is 8.12. The predicted molar refractivity (Wildman–Crippen MR) is 49.8 cm³/mol. The largest absolute Gasteiger partial charge is 2.00 e. The molecule has 0 aliphatic carbocycles. The molecule has 0 radical (unpaired) electrons. The summed E-state index contributed by atoms with van der Waals surface area (Å²) in [6, 6.07) is 0. The summed E-state index contributed by atoms with van der Waals surface area (Å²) in [5.41, 5.74) is 0. The third kappa shape index (κ3) is 31.3. The molecule has 0 fully saturated rings. The molecule has 0 bridgehead atoms. The number of carbonyl (C=O) groups excluding carboxylic acids is 4. The molecule has 0 spiro atoms. The minimum absolute atomic E-state index is 0. The first-order valence-corrected chi connectivity index (χ1v) is 4.64. The van der Waals surface area contributed by atoms with Crippen LogP contribution < -0.4 is 10.2 Å². The van der Waals surface area contributed by atoms with Gasteiger partial charge >= 0.3 is 17.1 Å². The summed E-state index contributed by atoms with van der Waals surface area (Å²) >= 11 is 0. The second-order valence-corrected chi connectivity index (χ2v) is 3.15. The topological polar surface area (TPSA) is 114 Å². The van der Waals surface area contributed by atoms with Crippen molar-refractivity contribution in [1.29, 1.82) is 0 Å². The van der Waals surface area contributed by atoms with Crippen LogP contribution in [0.25, 0.3) is 0 Å². The van der Waals surface area contributed by atoms with E-state index in [0.717, 1.165) is 0 Å². The van der Waals surface area contributed by atoms with Gasteiger partial charge in [-0.3, -0.25) is 0 Å². The molecule has 17 heavy (non-hydrogen) atoms. The minimum Gasteiger partial charge on any atom is -0.550 e. The van der Waals surface area contributed by atoms with E-state index in [-0.39, 0.29) is 54.3 Å². The van der Waals surface area contributed by atoms with Crippen molar-refractivity contribution in [3.8, 4) is 0 Å². The van der Waals surface area contributed by atoms with Gasteiger partial charge in [0.2, 0.25) is 0 Å². The Bertz CT molecular complexity index is 218. The van der Waals surface area contributed by atoms with Gasteiger partial charge in [-0.05, 0) is 26.7 Å². The maximum Gasteiger partial charge on any atom is 2.00 e. The summed E-state index contributed by atoms with van der Waals surface area (Å²) in [6.45, 7) is 2.70. The van der Waals surface area contributed by atoms with Crippen molar-refractivity contribution in [2.24, 2.45) is 0 Å². The van der Waals surface area contributed by atoms with Gasteiger partial charge < -0.3 is 29.4 Å². The van der Waals surface area contributed by atoms with Gasteiger partial charge in [0.05, 0.1) is 0 Å². The molecule has 0 aliphatic rings. The van der Waals surface area contributed by atoms with Gasteiger partial charge in [-0.1, -0.05) is 0 Å². The zero-order chi connectivity index (χ0) is 13.1. The van der Waals surface area contributed by atoms with E-state index in [4.69, 9.17) is 0 Å². The second-order valence-electron chi connectivity index (χ2n) is 3.15. The van der Waals surface area contributed by atoms with Crippen LogP contribution in [0.2, 0.25) is 0 Å². The van der Waals surface area contributed by atoms with E-state index in [1.807, 2.05) is 0 Å². The Hall–Kier alpha value is -1.20. The first-order chi connectivity index (χ1) is 7.25. The first kappa shape index (κ1) is 21.1. The number of aliphatic carboxylic acids is 2. The van der Waals surface area contributed by atoms with Crippen LogP contribution in [0.4, 0.5) is 0 Å². The van der Waals surface area contributed by atoms with Gasteiger partial charge in [-0.2, -0.15) is 0 Å². The Kier molecular flexibility index (Phi) is 16.0. The number of rotatable bonds is 6. The van der Waals surface area contributed by atoms with Gasteiger partial charge in [0, 0.05) is 24.8 Å². The zero-order valence-corrected chi connectivity index (χ0v) is 10.7. The number of carboxylic acid groups (broad SMARTS) is 2. The van der Waals surface area contributed by atoms with Crippen LogP contribution >= 0.6 is 0 Å². The molecule has 0 aromatic rings. The van der Waals surface area contributed by atoms with E-state index in [1.54, 1.807) is 0 Å². The summed E-state index contributed by atoms with van der Waals surface area (Å²) in [5.74, 6) is -2.57. The Morgan fingerprint density at radius 2 is 0.941 bits per heavy atom. The van der Waals surface area contributed by atoms with E-state index in [1.165, 1.54) is 13.8 Å². The molecule has 0 saturated carbocycles. The molecular formula is C10H14FeO6. The SMILES string of the molecule is CC(=O)CCC(=O)[O-].CC(=O)CCC(=O)[O-].[Fe+2]. The maximum absolute atomic E-state index is 10.1. The van der Waals surface area contributed by atoms with Crippen LogP contribution in [0.15, 0.2) is 0 Å². The molecule has 6 nitrogen and oxygen atoms in total. The van der Waals surface area contributed by atoms with Gasteiger partial charge in [0.15, 0.2) is 0 Å². The molecule has 0 atom stereocenters. The minimum atomic E-state index is -1.17. The summed E-state index contributed by atoms with van der Waals surface area (Å²) in [7, 11) is 0. The van der Waals surface area contributed by atoms with Crippen molar-refractivity contribution in [2.75, 3.05) is 0 Å². The van der Waals surface area contributed by atoms with Crippen LogP contribution in [0.1, 0.15) is 39.5 Å². The van der Waals surface area contributed by atoms with Crippen LogP contribution in [0, 0.1) is 0 Å². The fraction of sp³-hybridized carbons (Fsp3) is 0.600. The van der Waals surface area contributed by atoms with Crippen molar-refractivity contribution in [3.05, 3.63) is 0 Å². The monoisotopic (exact) mass is 286 g/mol. The molecular weight excluding hydrogens is 272 g/mol. The molecule has 0 unspecified atom stereocenters. The molecule has 98 valence electrons. The van der Waals surface area contributed by atoms with E-state index in [0.29, 0.717) is 0 Å². The van der Waals surface area contributed by atoms with Crippen molar-refractivity contribution >= 4 is 23.5 Å². The molecule has 0 saturated heterocycles. The van der Waals surface area contributed by atoms with Crippen molar-refractivity contribution in [2.45, 2.75) is 39.5 Å². The average Bonchev–Trinajstić information content (AvgIpc) is 2.12. The average molecular weight is 286 g/mol. The second kappa shape index (κ2) is 12.9. The van der Waals surface area contributed by atoms with E-state index in [9.17, 15) is 29.4 Å². The number of hydrogen-bond donors (Lipinski definition) is 0. The third-order valence-electron chi connectivity index (χ3n) is 1.36.